The molecule has 0 unspecified atom stereocenters. The summed E-state index contributed by atoms with van der Waals surface area (Å²) in [6.07, 6.45) is 9.00. The molecule has 6 heteroatoms. The molecule has 0 aromatic heterocycles. The summed E-state index contributed by atoms with van der Waals surface area (Å²) in [5.41, 5.74) is -0.380. The lowest BCUT2D eigenvalue weighted by atomic mass is 10.0. The molecule has 0 amide bonds. The fourth-order valence-electron chi connectivity index (χ4n) is 1.92. The van der Waals surface area contributed by atoms with E-state index in [1.165, 1.54) is 62.8 Å². The second-order valence-corrected chi connectivity index (χ2v) is 4.28. The highest BCUT2D eigenvalue weighted by Crippen LogP contribution is 2.15. The van der Waals surface area contributed by atoms with Crippen LogP contribution in [0.2, 0.25) is 0 Å². The second kappa shape index (κ2) is 15.5. The normalized spacial score (nSPS) is 12.2. The molecule has 126 valence electrons. The smallest absolute Gasteiger partial charge is 0.336 e. The van der Waals surface area contributed by atoms with E-state index in [2.05, 4.69) is 0 Å². The first-order valence-electron chi connectivity index (χ1n) is 7.08. The Morgan fingerprint density at radius 2 is 0.909 bits per heavy atom. The first kappa shape index (κ1) is 22.4. The largest absolute Gasteiger partial charge is 0.478 e. The lowest BCUT2D eigenvalue weighted by Gasteiger charge is -2.05. The van der Waals surface area contributed by atoms with Crippen LogP contribution in [0, 0.1) is 0 Å². The summed E-state index contributed by atoms with van der Waals surface area (Å²) in [5.74, 6) is -2.46. The highest BCUT2D eigenvalue weighted by Gasteiger charge is 2.13. The number of carboxylic acids is 2. The average Bonchev–Trinajstić information content (AvgIpc) is 2.60. The number of hydrogen-bond donors (Lipinski definition) is 4. The third-order valence-corrected chi connectivity index (χ3v) is 2.89. The Morgan fingerprint density at radius 3 is 1.09 bits per heavy atom. The van der Waals surface area contributed by atoms with Gasteiger partial charge in [0.05, 0.1) is 11.1 Å². The fourth-order valence-corrected chi connectivity index (χ4v) is 1.92. The van der Waals surface area contributed by atoms with Gasteiger partial charge in [-0.1, -0.05) is 50.7 Å². The van der Waals surface area contributed by atoms with Crippen LogP contribution in [0.1, 0.15) is 59.2 Å². The minimum absolute atomic E-state index is 0.190. The van der Waals surface area contributed by atoms with Gasteiger partial charge in [-0.25, -0.2) is 9.59 Å². The Morgan fingerprint density at radius 1 is 0.682 bits per heavy atom. The maximum atomic E-state index is 10.5. The van der Waals surface area contributed by atoms with Crippen LogP contribution >= 0.6 is 0 Å². The molecule has 1 aliphatic rings. The van der Waals surface area contributed by atoms with E-state index in [9.17, 15) is 9.59 Å². The van der Waals surface area contributed by atoms with E-state index in [4.69, 9.17) is 20.4 Å². The van der Waals surface area contributed by atoms with Gasteiger partial charge in [-0.3, -0.25) is 0 Å². The van der Waals surface area contributed by atoms with Crippen molar-refractivity contribution in [3.8, 4) is 0 Å². The van der Waals surface area contributed by atoms with Crippen molar-refractivity contribution in [1.29, 1.82) is 0 Å². The maximum absolute atomic E-state index is 10.5. The van der Waals surface area contributed by atoms with Crippen LogP contribution in [0.15, 0.2) is 24.3 Å². The fraction of sp³-hybridized carbons (Fsp3) is 0.500. The number of rotatable bonds is 2. The highest BCUT2D eigenvalue weighted by molar-refractivity contribution is 6.01. The molecule has 1 fully saturated rings. The number of hydrogen-bond acceptors (Lipinski definition) is 4. The van der Waals surface area contributed by atoms with E-state index in [0.29, 0.717) is 0 Å². The van der Waals surface area contributed by atoms with Crippen LogP contribution in [0.25, 0.3) is 0 Å². The number of aliphatic hydroxyl groups excluding tert-OH is 2. The second-order valence-electron chi connectivity index (χ2n) is 4.28. The summed E-state index contributed by atoms with van der Waals surface area (Å²) in [5, 5.41) is 31.1. The molecule has 1 saturated carbocycles. The quantitative estimate of drug-likeness (QED) is 0.667. The van der Waals surface area contributed by atoms with Gasteiger partial charge in [-0.2, -0.15) is 0 Å². The molecule has 0 aliphatic heterocycles. The molecule has 0 bridgehead atoms. The molecule has 0 radical (unpaired) electrons. The number of carboxylic acid groups (broad SMARTS) is 2. The molecular formula is C16H26O6. The number of benzene rings is 1. The zero-order valence-electron chi connectivity index (χ0n) is 13.2. The minimum Gasteiger partial charge on any atom is -0.478 e. The Kier molecular flexibility index (Phi) is 15.7. The maximum Gasteiger partial charge on any atom is 0.336 e. The molecule has 1 aromatic carbocycles. The molecule has 1 aromatic rings. The first-order valence-corrected chi connectivity index (χ1v) is 7.08. The van der Waals surface area contributed by atoms with Gasteiger partial charge in [0.1, 0.15) is 0 Å². The third-order valence-electron chi connectivity index (χ3n) is 2.89. The van der Waals surface area contributed by atoms with Gasteiger partial charge in [-0.05, 0) is 12.1 Å². The van der Waals surface area contributed by atoms with Crippen LogP contribution in [-0.2, 0) is 0 Å². The molecule has 1 aliphatic carbocycles. The predicted molar refractivity (Wildman–Crippen MR) is 84.3 cm³/mol. The van der Waals surface area contributed by atoms with Crippen LogP contribution in [0.4, 0.5) is 0 Å². The molecule has 6 nitrogen and oxygen atoms in total. The van der Waals surface area contributed by atoms with E-state index in [0.717, 1.165) is 14.2 Å². The van der Waals surface area contributed by atoms with Gasteiger partial charge in [-0.15, -0.1) is 0 Å². The van der Waals surface area contributed by atoms with Crippen LogP contribution in [0.3, 0.4) is 0 Å². The van der Waals surface area contributed by atoms with Crippen molar-refractivity contribution in [2.24, 2.45) is 0 Å². The molecule has 4 N–H and O–H groups in total. The molecule has 0 spiro atoms. The summed E-state index contributed by atoms with van der Waals surface area (Å²) in [6, 6.07) is 5.48. The van der Waals surface area contributed by atoms with Crippen LogP contribution < -0.4 is 0 Å². The van der Waals surface area contributed by atoms with Crippen molar-refractivity contribution in [3.05, 3.63) is 35.4 Å². The van der Waals surface area contributed by atoms with E-state index >= 15 is 0 Å². The molecular weight excluding hydrogens is 288 g/mol. The highest BCUT2D eigenvalue weighted by atomic mass is 16.4. The van der Waals surface area contributed by atoms with Crippen LogP contribution in [-0.4, -0.2) is 46.6 Å². The van der Waals surface area contributed by atoms with E-state index in [1.807, 2.05) is 0 Å². The minimum atomic E-state index is -1.23. The summed E-state index contributed by atoms with van der Waals surface area (Å²) in [6.45, 7) is 0. The Labute approximate surface area is 131 Å². The van der Waals surface area contributed by atoms with E-state index in [-0.39, 0.29) is 11.1 Å². The summed E-state index contributed by atoms with van der Waals surface area (Å²) >= 11 is 0. The predicted octanol–water partition coefficient (Wildman–Crippen LogP) is 2.64. The molecule has 0 heterocycles. The lowest BCUT2D eigenvalue weighted by molar-refractivity contribution is 0.0651. The van der Waals surface area contributed by atoms with Crippen LogP contribution in [0.5, 0.6) is 0 Å². The number of aromatic carboxylic acids is 2. The number of carbonyl (C=O) groups is 2. The van der Waals surface area contributed by atoms with Crippen molar-refractivity contribution >= 4 is 11.9 Å². The molecule has 0 atom stereocenters. The zero-order valence-corrected chi connectivity index (χ0v) is 13.2. The molecule has 0 saturated heterocycles. The van der Waals surface area contributed by atoms with Crippen molar-refractivity contribution in [1.82, 2.24) is 0 Å². The van der Waals surface area contributed by atoms with Gasteiger partial charge in [0.2, 0.25) is 0 Å². The van der Waals surface area contributed by atoms with Crippen molar-refractivity contribution in [3.63, 3.8) is 0 Å². The van der Waals surface area contributed by atoms with E-state index < -0.39 is 11.9 Å². The Hall–Kier alpha value is -1.92. The van der Waals surface area contributed by atoms with Crippen molar-refractivity contribution < 1.29 is 30.0 Å². The monoisotopic (exact) mass is 314 g/mol. The zero-order chi connectivity index (χ0) is 17.4. The van der Waals surface area contributed by atoms with Gasteiger partial charge in [0.15, 0.2) is 0 Å². The molecule has 22 heavy (non-hydrogen) atoms. The SMILES string of the molecule is C1CCCCC1.CO.CO.O=C(O)c1ccccc1C(=O)O. The topological polar surface area (TPSA) is 115 Å². The Balaban J connectivity index is 0. The van der Waals surface area contributed by atoms with E-state index in [1.54, 1.807) is 0 Å². The third kappa shape index (κ3) is 9.90. The van der Waals surface area contributed by atoms with Gasteiger partial charge >= 0.3 is 11.9 Å². The standard InChI is InChI=1S/C8H6O4.C6H12.2CH4O/c9-7(10)5-3-1-2-4-6(5)8(11)12;1-2-4-6-5-3-1;2*1-2/h1-4H,(H,9,10)(H,11,12);1-6H2;2*2H,1H3. The average molecular weight is 314 g/mol. The van der Waals surface area contributed by atoms with Gasteiger partial charge < -0.3 is 20.4 Å². The summed E-state index contributed by atoms with van der Waals surface area (Å²) in [7, 11) is 2.00. The number of aliphatic hydroxyl groups is 2. The van der Waals surface area contributed by atoms with Crippen molar-refractivity contribution in [2.75, 3.05) is 14.2 Å². The molecule has 2 rings (SSSR count). The van der Waals surface area contributed by atoms with Gasteiger partial charge in [0, 0.05) is 14.2 Å². The first-order chi connectivity index (χ1) is 10.6. The Bertz CT molecular complexity index is 368. The summed E-state index contributed by atoms with van der Waals surface area (Å²) in [4.78, 5) is 20.9. The lowest BCUT2D eigenvalue weighted by Crippen LogP contribution is -2.06. The van der Waals surface area contributed by atoms with Crippen molar-refractivity contribution in [2.45, 2.75) is 38.5 Å². The summed E-state index contributed by atoms with van der Waals surface area (Å²) < 4.78 is 0. The van der Waals surface area contributed by atoms with Gasteiger partial charge in [0.25, 0.3) is 0 Å².